The normalized spacial score (nSPS) is 18.2. The number of nitrogens with zero attached hydrogens (tertiary/aromatic N) is 4. The molecular formula is C25H25F2N5O3. The third-order valence-electron chi connectivity index (χ3n) is 6.41. The smallest absolute Gasteiger partial charge is 0.337 e. The number of alkyl halides is 2. The predicted octanol–water partition coefficient (Wildman–Crippen LogP) is 4.23. The molecule has 1 aliphatic heterocycles. The highest BCUT2D eigenvalue weighted by Gasteiger charge is 2.42. The number of carboxylic acid groups (broad SMARTS) is 1. The van der Waals surface area contributed by atoms with Crippen molar-refractivity contribution in [2.45, 2.75) is 39.2 Å². The number of para-hydroxylation sites is 1. The van der Waals surface area contributed by atoms with Crippen LogP contribution in [0, 0.1) is 24.2 Å². The molecule has 2 atom stereocenters. The minimum absolute atomic E-state index is 0.0321. The number of halogens is 2. The van der Waals surface area contributed by atoms with E-state index in [4.69, 9.17) is 0 Å². The molecule has 0 radical (unpaired) electrons. The Labute approximate surface area is 200 Å². The van der Waals surface area contributed by atoms with Crippen LogP contribution in [-0.4, -0.2) is 39.5 Å². The Hall–Kier alpha value is -4.00. The van der Waals surface area contributed by atoms with Crippen molar-refractivity contribution >= 4 is 23.1 Å². The van der Waals surface area contributed by atoms with Gasteiger partial charge in [-0.25, -0.2) is 18.6 Å². The Morgan fingerprint density at radius 1 is 1.37 bits per heavy atom. The van der Waals surface area contributed by atoms with Gasteiger partial charge in [0.05, 0.1) is 11.6 Å². The van der Waals surface area contributed by atoms with E-state index in [1.807, 2.05) is 12.1 Å². The topological polar surface area (TPSA) is 111 Å². The van der Waals surface area contributed by atoms with Crippen molar-refractivity contribution in [1.82, 2.24) is 9.38 Å². The van der Waals surface area contributed by atoms with Gasteiger partial charge in [0, 0.05) is 42.9 Å². The number of hydrogen-bond acceptors (Lipinski definition) is 6. The number of aromatic carboxylic acids is 1. The molecule has 1 aromatic carbocycles. The Morgan fingerprint density at radius 3 is 2.74 bits per heavy atom. The third kappa shape index (κ3) is 4.41. The fourth-order valence-electron chi connectivity index (χ4n) is 4.43. The van der Waals surface area contributed by atoms with Gasteiger partial charge in [-0.1, -0.05) is 19.1 Å². The molecule has 0 spiro atoms. The largest absolute Gasteiger partial charge is 0.478 e. The summed E-state index contributed by atoms with van der Waals surface area (Å²) in [7, 11) is 0. The molecule has 8 nitrogen and oxygen atoms in total. The fourth-order valence-corrected chi connectivity index (χ4v) is 4.43. The molecule has 1 saturated heterocycles. The second-order valence-corrected chi connectivity index (χ2v) is 8.97. The van der Waals surface area contributed by atoms with Crippen LogP contribution in [0.3, 0.4) is 0 Å². The third-order valence-corrected chi connectivity index (χ3v) is 6.41. The van der Waals surface area contributed by atoms with Crippen LogP contribution < -0.4 is 15.8 Å². The molecule has 0 bridgehead atoms. The number of carboxylic acids is 1. The van der Waals surface area contributed by atoms with Crippen molar-refractivity contribution in [3.8, 4) is 6.07 Å². The zero-order valence-corrected chi connectivity index (χ0v) is 19.5. The molecule has 0 aliphatic carbocycles. The Bertz CT molecular complexity index is 1410. The lowest BCUT2D eigenvalue weighted by molar-refractivity contribution is -0.0652. The maximum atomic E-state index is 14.1. The second kappa shape index (κ2) is 8.98. The Kier molecular flexibility index (Phi) is 6.19. The number of nitrogens with one attached hydrogen (secondary N) is 1. The molecule has 1 aliphatic rings. The molecule has 4 rings (SSSR count). The fraction of sp³-hybridized carbons (Fsp3) is 0.360. The lowest BCUT2D eigenvalue weighted by Gasteiger charge is -2.37. The zero-order chi connectivity index (χ0) is 25.5. The molecule has 0 amide bonds. The number of pyridine rings is 1. The number of fused-ring (bicyclic) bond motifs is 1. The van der Waals surface area contributed by atoms with E-state index in [1.54, 1.807) is 43.1 Å². The highest BCUT2D eigenvalue weighted by molar-refractivity contribution is 5.94. The van der Waals surface area contributed by atoms with Crippen molar-refractivity contribution < 1.29 is 18.7 Å². The quantitative estimate of drug-likeness (QED) is 0.561. The number of aryl methyl sites for hydroxylation is 1. The molecular weight excluding hydrogens is 456 g/mol. The summed E-state index contributed by atoms with van der Waals surface area (Å²) in [4.78, 5) is 31.1. The van der Waals surface area contributed by atoms with Crippen LogP contribution in [0.25, 0.3) is 5.65 Å². The summed E-state index contributed by atoms with van der Waals surface area (Å²) >= 11 is 0. The first-order valence-corrected chi connectivity index (χ1v) is 11.2. The minimum atomic E-state index is -2.83. The summed E-state index contributed by atoms with van der Waals surface area (Å²) in [6.07, 6.45) is 1.18. The van der Waals surface area contributed by atoms with Gasteiger partial charge < -0.3 is 15.3 Å². The van der Waals surface area contributed by atoms with Crippen molar-refractivity contribution in [2.24, 2.45) is 5.92 Å². The first-order valence-electron chi connectivity index (χ1n) is 11.2. The highest BCUT2D eigenvalue weighted by atomic mass is 19.3. The molecule has 3 heterocycles. The molecule has 10 heteroatoms. The van der Waals surface area contributed by atoms with Gasteiger partial charge >= 0.3 is 5.97 Å². The highest BCUT2D eigenvalue weighted by Crippen LogP contribution is 2.35. The number of carbonyl (C=O) groups is 1. The van der Waals surface area contributed by atoms with E-state index in [1.165, 1.54) is 17.4 Å². The maximum absolute atomic E-state index is 14.1. The van der Waals surface area contributed by atoms with E-state index in [9.17, 15) is 28.7 Å². The lowest BCUT2D eigenvalue weighted by atomic mass is 9.95. The predicted molar refractivity (Wildman–Crippen MR) is 127 cm³/mol. The van der Waals surface area contributed by atoms with E-state index in [-0.39, 0.29) is 35.7 Å². The van der Waals surface area contributed by atoms with Gasteiger partial charge in [0.15, 0.2) is 11.4 Å². The molecule has 3 aromatic rings. The first kappa shape index (κ1) is 24.1. The Balaban J connectivity index is 1.84. The first-order chi connectivity index (χ1) is 16.5. The number of aromatic nitrogens is 2. The van der Waals surface area contributed by atoms with Crippen molar-refractivity contribution in [1.29, 1.82) is 5.26 Å². The average molecular weight is 482 g/mol. The van der Waals surface area contributed by atoms with Gasteiger partial charge in [-0.05, 0) is 37.6 Å². The van der Waals surface area contributed by atoms with Gasteiger partial charge in [0.25, 0.3) is 11.5 Å². The van der Waals surface area contributed by atoms with Crippen molar-refractivity contribution in [3.05, 3.63) is 69.1 Å². The summed E-state index contributed by atoms with van der Waals surface area (Å²) in [5.74, 6) is -4.79. The van der Waals surface area contributed by atoms with Crippen LogP contribution in [-0.2, 0) is 0 Å². The lowest BCUT2D eigenvalue weighted by Crippen LogP contribution is -2.47. The standard InChI is InChI=1S/C25H25F2N5O3/c1-14-10-18(16(3)29-20-7-5-4-6-17(20)24(34)35)22-30-21(19(11-28)23(33)32(22)12-14)31-9-8-25(26,27)15(2)13-31/h4-7,10,12,15-16,29H,8-9,13H2,1-3H3,(H,34,35)/t15-,16+/m0/s1. The molecule has 0 unspecified atom stereocenters. The van der Waals surface area contributed by atoms with Crippen LogP contribution >= 0.6 is 0 Å². The molecule has 35 heavy (non-hydrogen) atoms. The van der Waals surface area contributed by atoms with Crippen LogP contribution in [0.15, 0.2) is 41.3 Å². The Morgan fingerprint density at radius 2 is 2.09 bits per heavy atom. The van der Waals surface area contributed by atoms with E-state index in [0.717, 1.165) is 5.56 Å². The van der Waals surface area contributed by atoms with E-state index < -0.39 is 35.8 Å². The van der Waals surface area contributed by atoms with Crippen molar-refractivity contribution in [3.63, 3.8) is 0 Å². The van der Waals surface area contributed by atoms with Gasteiger partial charge in [0.2, 0.25) is 0 Å². The number of nitriles is 1. The minimum Gasteiger partial charge on any atom is -0.478 e. The number of piperidine rings is 1. The molecule has 2 N–H and O–H groups in total. The number of hydrogen-bond donors (Lipinski definition) is 2. The van der Waals surface area contributed by atoms with Crippen LogP contribution in [0.2, 0.25) is 0 Å². The van der Waals surface area contributed by atoms with Gasteiger partial charge in [-0.2, -0.15) is 5.26 Å². The number of anilines is 2. The van der Waals surface area contributed by atoms with Crippen LogP contribution in [0.5, 0.6) is 0 Å². The summed E-state index contributed by atoms with van der Waals surface area (Å²) in [5.41, 5.74) is 1.32. The van der Waals surface area contributed by atoms with E-state index >= 15 is 0 Å². The average Bonchev–Trinajstić information content (AvgIpc) is 2.81. The van der Waals surface area contributed by atoms with Gasteiger partial charge in [0.1, 0.15) is 11.7 Å². The molecule has 1 fully saturated rings. The maximum Gasteiger partial charge on any atom is 0.337 e. The zero-order valence-electron chi connectivity index (χ0n) is 19.5. The monoisotopic (exact) mass is 481 g/mol. The SMILES string of the molecule is Cc1cc([C@@H](C)Nc2ccccc2C(=O)O)c2nc(N3CCC(F)(F)[C@@H](C)C3)c(C#N)c(=O)n2c1. The van der Waals surface area contributed by atoms with E-state index in [0.29, 0.717) is 11.3 Å². The van der Waals surface area contributed by atoms with Crippen molar-refractivity contribution in [2.75, 3.05) is 23.3 Å². The van der Waals surface area contributed by atoms with Gasteiger partial charge in [-0.3, -0.25) is 9.20 Å². The van der Waals surface area contributed by atoms with Crippen LogP contribution in [0.4, 0.5) is 20.3 Å². The second-order valence-electron chi connectivity index (χ2n) is 8.97. The summed E-state index contributed by atoms with van der Waals surface area (Å²) in [6.45, 7) is 4.97. The summed E-state index contributed by atoms with van der Waals surface area (Å²) < 4.78 is 29.5. The number of rotatable bonds is 5. The molecule has 0 saturated carbocycles. The molecule has 182 valence electrons. The molecule has 2 aromatic heterocycles. The van der Waals surface area contributed by atoms with E-state index in [2.05, 4.69) is 10.3 Å². The summed E-state index contributed by atoms with van der Waals surface area (Å²) in [6, 6.07) is 9.73. The summed E-state index contributed by atoms with van der Waals surface area (Å²) in [5, 5.41) is 22.4. The van der Waals surface area contributed by atoms with Crippen LogP contribution in [0.1, 0.15) is 53.4 Å². The van der Waals surface area contributed by atoms with Gasteiger partial charge in [-0.15, -0.1) is 0 Å². The number of benzene rings is 1.